The first-order chi connectivity index (χ1) is 15.3. The van der Waals surface area contributed by atoms with E-state index in [1.54, 1.807) is 23.1 Å². The molecular formula is C22H25N3O6S. The molecule has 32 heavy (non-hydrogen) atoms. The number of primary amides is 1. The predicted molar refractivity (Wildman–Crippen MR) is 117 cm³/mol. The number of ether oxygens (including phenoxy) is 2. The molecule has 2 aliphatic rings. The van der Waals surface area contributed by atoms with E-state index in [4.69, 9.17) is 15.2 Å². The van der Waals surface area contributed by atoms with E-state index in [1.807, 2.05) is 0 Å². The van der Waals surface area contributed by atoms with Crippen LogP contribution in [0.4, 0.5) is 5.69 Å². The first kappa shape index (κ1) is 21.9. The highest BCUT2D eigenvalue weighted by atomic mass is 32.2. The average molecular weight is 460 g/mol. The van der Waals surface area contributed by atoms with E-state index < -0.39 is 15.9 Å². The maximum absolute atomic E-state index is 12.8. The van der Waals surface area contributed by atoms with Gasteiger partial charge in [0, 0.05) is 36.8 Å². The molecule has 0 saturated carbocycles. The molecule has 2 aromatic rings. The third-order valence-electron chi connectivity index (χ3n) is 5.52. The summed E-state index contributed by atoms with van der Waals surface area (Å²) >= 11 is 0. The third-order valence-corrected chi connectivity index (χ3v) is 6.90. The van der Waals surface area contributed by atoms with Crippen LogP contribution in [0, 0.1) is 5.92 Å². The summed E-state index contributed by atoms with van der Waals surface area (Å²) in [6, 6.07) is 10.7. The molecule has 9 nitrogen and oxygen atoms in total. The number of sulfonamides is 1. The lowest BCUT2D eigenvalue weighted by molar-refractivity contribution is -0.123. The molecule has 1 fully saturated rings. The average Bonchev–Trinajstić information content (AvgIpc) is 3.04. The van der Waals surface area contributed by atoms with Crippen molar-refractivity contribution in [1.29, 1.82) is 0 Å². The Kier molecular flexibility index (Phi) is 6.22. The number of hydrogen-bond donors (Lipinski definition) is 2. The predicted octanol–water partition coefficient (Wildman–Crippen LogP) is 1.99. The van der Waals surface area contributed by atoms with Gasteiger partial charge >= 0.3 is 0 Å². The molecule has 2 heterocycles. The minimum absolute atomic E-state index is 0.0488. The number of carbonyl (C=O) groups excluding carboxylic acids is 2. The van der Waals surface area contributed by atoms with Crippen LogP contribution in [0.3, 0.4) is 0 Å². The van der Waals surface area contributed by atoms with E-state index in [1.165, 1.54) is 24.3 Å². The maximum atomic E-state index is 12.8. The lowest BCUT2D eigenvalue weighted by atomic mass is 9.97. The number of amides is 2. The maximum Gasteiger partial charge on any atom is 0.262 e. The number of nitrogens with two attached hydrogens (primary N) is 1. The van der Waals surface area contributed by atoms with Gasteiger partial charge in [-0.05, 0) is 49.2 Å². The Morgan fingerprint density at radius 3 is 2.44 bits per heavy atom. The first-order valence-electron chi connectivity index (χ1n) is 10.4. The molecular weight excluding hydrogens is 434 g/mol. The summed E-state index contributed by atoms with van der Waals surface area (Å²) in [5.41, 5.74) is 6.12. The fraction of sp³-hybridized carbons (Fsp3) is 0.364. The fourth-order valence-corrected chi connectivity index (χ4v) is 4.86. The molecule has 1 unspecified atom stereocenters. The Balaban J connectivity index is 1.46. The highest BCUT2D eigenvalue weighted by Crippen LogP contribution is 2.32. The number of likely N-dealkylation sites (tertiary alicyclic amines) is 1. The van der Waals surface area contributed by atoms with Crippen molar-refractivity contribution in [3.05, 3.63) is 48.0 Å². The van der Waals surface area contributed by atoms with Gasteiger partial charge in [0.2, 0.25) is 5.91 Å². The summed E-state index contributed by atoms with van der Waals surface area (Å²) in [6.45, 7) is 1.83. The molecule has 0 spiro atoms. The molecule has 1 atom stereocenters. The van der Waals surface area contributed by atoms with Gasteiger partial charge in [-0.3, -0.25) is 14.3 Å². The Morgan fingerprint density at radius 2 is 1.72 bits per heavy atom. The van der Waals surface area contributed by atoms with Gasteiger partial charge in [0.25, 0.3) is 15.9 Å². The van der Waals surface area contributed by atoms with Crippen LogP contribution in [-0.4, -0.2) is 51.4 Å². The Hall–Kier alpha value is -3.27. The lowest BCUT2D eigenvalue weighted by Gasteiger charge is -2.31. The fourth-order valence-electron chi connectivity index (χ4n) is 3.78. The minimum Gasteiger partial charge on any atom is -0.490 e. The number of rotatable bonds is 5. The van der Waals surface area contributed by atoms with Gasteiger partial charge in [-0.1, -0.05) is 0 Å². The summed E-state index contributed by atoms with van der Waals surface area (Å²) in [6.07, 6.45) is 2.12. The molecule has 0 aliphatic carbocycles. The van der Waals surface area contributed by atoms with Crippen molar-refractivity contribution in [2.24, 2.45) is 11.7 Å². The van der Waals surface area contributed by atoms with E-state index in [9.17, 15) is 18.0 Å². The zero-order valence-corrected chi connectivity index (χ0v) is 18.3. The van der Waals surface area contributed by atoms with Gasteiger partial charge < -0.3 is 20.1 Å². The van der Waals surface area contributed by atoms with Gasteiger partial charge in [-0.15, -0.1) is 0 Å². The van der Waals surface area contributed by atoms with E-state index in [0.29, 0.717) is 61.9 Å². The Bertz CT molecular complexity index is 1120. The number of nitrogens with zero attached hydrogens (tertiary/aromatic N) is 1. The highest BCUT2D eigenvalue weighted by molar-refractivity contribution is 7.92. The summed E-state index contributed by atoms with van der Waals surface area (Å²) in [5, 5.41) is 0. The van der Waals surface area contributed by atoms with Crippen LogP contribution in [0.25, 0.3) is 0 Å². The molecule has 0 radical (unpaired) electrons. The minimum atomic E-state index is -3.86. The van der Waals surface area contributed by atoms with Crippen molar-refractivity contribution < 1.29 is 27.5 Å². The zero-order valence-electron chi connectivity index (χ0n) is 17.5. The van der Waals surface area contributed by atoms with Crippen molar-refractivity contribution in [2.75, 3.05) is 31.0 Å². The number of anilines is 1. The van der Waals surface area contributed by atoms with Crippen molar-refractivity contribution in [2.45, 2.75) is 24.2 Å². The molecule has 3 N–H and O–H groups in total. The van der Waals surface area contributed by atoms with Crippen LogP contribution in [0.2, 0.25) is 0 Å². The van der Waals surface area contributed by atoms with Gasteiger partial charge in [-0.25, -0.2) is 8.42 Å². The van der Waals surface area contributed by atoms with Crippen LogP contribution in [0.5, 0.6) is 11.5 Å². The van der Waals surface area contributed by atoms with Gasteiger partial charge in [0.05, 0.1) is 24.0 Å². The second-order valence-electron chi connectivity index (χ2n) is 7.83. The van der Waals surface area contributed by atoms with Crippen molar-refractivity contribution in [1.82, 2.24) is 4.90 Å². The molecule has 10 heteroatoms. The number of carbonyl (C=O) groups is 2. The van der Waals surface area contributed by atoms with E-state index in [2.05, 4.69) is 4.72 Å². The molecule has 0 aromatic heterocycles. The van der Waals surface area contributed by atoms with Gasteiger partial charge in [-0.2, -0.15) is 0 Å². The normalized spacial score (nSPS) is 18.5. The van der Waals surface area contributed by atoms with Crippen LogP contribution in [-0.2, 0) is 14.8 Å². The molecule has 4 rings (SSSR count). The highest BCUT2D eigenvalue weighted by Gasteiger charge is 2.27. The van der Waals surface area contributed by atoms with E-state index >= 15 is 0 Å². The summed E-state index contributed by atoms with van der Waals surface area (Å²) in [4.78, 5) is 25.9. The summed E-state index contributed by atoms with van der Waals surface area (Å²) in [7, 11) is -3.86. The first-order valence-corrected chi connectivity index (χ1v) is 11.9. The van der Waals surface area contributed by atoms with Crippen molar-refractivity contribution in [3.63, 3.8) is 0 Å². The Labute approximate surface area is 186 Å². The summed E-state index contributed by atoms with van der Waals surface area (Å²) in [5.74, 6) is -0.0490. The summed E-state index contributed by atoms with van der Waals surface area (Å²) < 4.78 is 39.2. The molecule has 1 saturated heterocycles. The molecule has 2 aliphatic heterocycles. The number of benzene rings is 2. The van der Waals surface area contributed by atoms with Gasteiger partial charge in [0.1, 0.15) is 0 Å². The number of hydrogen-bond acceptors (Lipinski definition) is 6. The van der Waals surface area contributed by atoms with Gasteiger partial charge in [0.15, 0.2) is 11.5 Å². The molecule has 0 bridgehead atoms. The molecule has 2 amide bonds. The quantitative estimate of drug-likeness (QED) is 0.704. The Morgan fingerprint density at radius 1 is 1.00 bits per heavy atom. The van der Waals surface area contributed by atoms with Crippen molar-refractivity contribution in [3.8, 4) is 11.5 Å². The second-order valence-corrected chi connectivity index (χ2v) is 9.52. The zero-order chi connectivity index (χ0) is 22.7. The number of piperidine rings is 1. The number of fused-ring (bicyclic) bond motifs is 1. The largest absolute Gasteiger partial charge is 0.490 e. The molecule has 170 valence electrons. The van der Waals surface area contributed by atoms with E-state index in [-0.39, 0.29) is 16.7 Å². The SMILES string of the molecule is NC(=O)C1CCCN(C(=O)c2ccc(NS(=O)(=O)c3ccc4c(c3)OCCCO4)cc2)C1. The lowest BCUT2D eigenvalue weighted by Crippen LogP contribution is -2.44. The van der Waals surface area contributed by atoms with E-state index in [0.717, 1.165) is 6.42 Å². The smallest absolute Gasteiger partial charge is 0.262 e. The number of nitrogens with one attached hydrogen (secondary N) is 1. The topological polar surface area (TPSA) is 128 Å². The van der Waals surface area contributed by atoms with Crippen LogP contribution in [0.15, 0.2) is 47.4 Å². The standard InChI is InChI=1S/C22H25N3O6S/c23-21(26)16-3-1-10-25(14-16)22(27)15-4-6-17(7-5-15)24-32(28,29)18-8-9-19-20(13-18)31-12-2-11-30-19/h4-9,13,16,24H,1-3,10-12,14H2,(H2,23,26). The van der Waals surface area contributed by atoms with Crippen LogP contribution < -0.4 is 19.9 Å². The monoisotopic (exact) mass is 459 g/mol. The molecule has 2 aromatic carbocycles. The second kappa shape index (κ2) is 9.07. The van der Waals surface area contributed by atoms with Crippen molar-refractivity contribution >= 4 is 27.5 Å². The van der Waals surface area contributed by atoms with Crippen LogP contribution >= 0.6 is 0 Å². The third kappa shape index (κ3) is 4.80. The van der Waals surface area contributed by atoms with Crippen LogP contribution in [0.1, 0.15) is 29.6 Å².